The van der Waals surface area contributed by atoms with Crippen molar-refractivity contribution < 1.29 is 19.1 Å². The third kappa shape index (κ3) is 4.94. The van der Waals surface area contributed by atoms with Crippen LogP contribution >= 0.6 is 11.3 Å². The Bertz CT molecular complexity index is 925. The number of benzene rings is 1. The first-order chi connectivity index (χ1) is 14.5. The Morgan fingerprint density at radius 3 is 2.83 bits per heavy atom. The first-order valence-electron chi connectivity index (χ1n) is 10.1. The summed E-state index contributed by atoms with van der Waals surface area (Å²) in [7, 11) is 1.64. The first kappa shape index (κ1) is 22.1. The second-order valence-electron chi connectivity index (χ2n) is 7.25. The fourth-order valence-electron chi connectivity index (χ4n) is 3.70. The highest BCUT2D eigenvalue weighted by molar-refractivity contribution is 7.16. The van der Waals surface area contributed by atoms with Gasteiger partial charge in [0.2, 0.25) is 5.91 Å². The van der Waals surface area contributed by atoms with E-state index >= 15 is 0 Å². The fourth-order valence-corrected chi connectivity index (χ4v) is 5.01. The zero-order chi connectivity index (χ0) is 21.7. The molecule has 8 heteroatoms. The third-order valence-corrected chi connectivity index (χ3v) is 6.38. The zero-order valence-electron chi connectivity index (χ0n) is 17.7. The van der Waals surface area contributed by atoms with Gasteiger partial charge < -0.3 is 25.4 Å². The zero-order valence-corrected chi connectivity index (χ0v) is 18.6. The summed E-state index contributed by atoms with van der Waals surface area (Å²) in [6.07, 6.45) is 1.36. The Kier molecular flexibility index (Phi) is 7.33. The Hall–Kier alpha value is -2.58. The Balaban J connectivity index is 1.68. The number of rotatable bonds is 7. The third-order valence-electron chi connectivity index (χ3n) is 5.21. The van der Waals surface area contributed by atoms with Crippen LogP contribution in [0.4, 0.5) is 9.80 Å². The van der Waals surface area contributed by atoms with E-state index in [9.17, 15) is 9.59 Å². The van der Waals surface area contributed by atoms with Crippen LogP contribution in [0.25, 0.3) is 0 Å². The molecule has 2 amide bonds. The van der Waals surface area contributed by atoms with Gasteiger partial charge in [0.05, 0.1) is 25.3 Å². The van der Waals surface area contributed by atoms with Crippen molar-refractivity contribution in [1.82, 2.24) is 4.90 Å². The van der Waals surface area contributed by atoms with E-state index in [1.165, 1.54) is 11.3 Å². The van der Waals surface area contributed by atoms with Gasteiger partial charge in [-0.3, -0.25) is 4.79 Å². The van der Waals surface area contributed by atoms with Gasteiger partial charge in [0, 0.05) is 30.0 Å². The summed E-state index contributed by atoms with van der Waals surface area (Å²) < 4.78 is 10.5. The molecule has 0 aliphatic carbocycles. The van der Waals surface area contributed by atoms with E-state index in [0.717, 1.165) is 37.9 Å². The Labute approximate surface area is 181 Å². The molecule has 1 aromatic carbocycles. The molecule has 1 aliphatic rings. The van der Waals surface area contributed by atoms with Crippen molar-refractivity contribution in [3.05, 3.63) is 45.3 Å². The smallest absolute Gasteiger partial charge is 0.410 e. The lowest BCUT2D eigenvalue weighted by molar-refractivity contribution is -0.116. The molecule has 162 valence electrons. The molecule has 0 spiro atoms. The van der Waals surface area contributed by atoms with Gasteiger partial charge in [0.25, 0.3) is 0 Å². The summed E-state index contributed by atoms with van der Waals surface area (Å²) >= 11 is 1.50. The number of nitrogens with zero attached hydrogens (tertiary/aromatic N) is 1. The summed E-state index contributed by atoms with van der Waals surface area (Å²) in [6, 6.07) is 5.97. The number of amides is 2. The highest BCUT2D eigenvalue weighted by Crippen LogP contribution is 2.37. The van der Waals surface area contributed by atoms with Crippen molar-refractivity contribution in [1.29, 1.82) is 0 Å². The van der Waals surface area contributed by atoms with Crippen molar-refractivity contribution in [3.8, 4) is 5.75 Å². The predicted octanol–water partition coefficient (Wildman–Crippen LogP) is 3.61. The number of aryl methyl sites for hydroxylation is 2. The molecule has 3 N–H and O–H groups in total. The number of carbonyl (C=O) groups excluding carboxylic acids is 2. The lowest BCUT2D eigenvalue weighted by atomic mass is 10.0. The molecule has 0 saturated carbocycles. The fraction of sp³-hybridized carbons (Fsp3) is 0.455. The highest BCUT2D eigenvalue weighted by atomic mass is 32.1. The van der Waals surface area contributed by atoms with Gasteiger partial charge in [-0.05, 0) is 43.9 Å². The molecule has 2 heterocycles. The lowest BCUT2D eigenvalue weighted by Crippen LogP contribution is -2.36. The van der Waals surface area contributed by atoms with E-state index in [1.807, 2.05) is 25.1 Å². The minimum Gasteiger partial charge on any atom is -0.496 e. The topological polar surface area (TPSA) is 93.9 Å². The number of methoxy groups -OCH3 is 1. The highest BCUT2D eigenvalue weighted by Gasteiger charge is 2.27. The predicted molar refractivity (Wildman–Crippen MR) is 118 cm³/mol. The molecule has 1 aliphatic heterocycles. The van der Waals surface area contributed by atoms with Crippen molar-refractivity contribution >= 4 is 28.3 Å². The molecule has 0 bridgehead atoms. The minimum atomic E-state index is -0.302. The van der Waals surface area contributed by atoms with Crippen LogP contribution in [0.3, 0.4) is 0 Å². The average Bonchev–Trinajstić information content (AvgIpc) is 3.08. The number of hydrogen-bond donors (Lipinski definition) is 2. The van der Waals surface area contributed by atoms with Crippen LogP contribution in [0.2, 0.25) is 0 Å². The number of hydrogen-bond acceptors (Lipinski definition) is 6. The summed E-state index contributed by atoms with van der Waals surface area (Å²) in [4.78, 5) is 27.4. The molecule has 2 aromatic rings. The maximum Gasteiger partial charge on any atom is 0.410 e. The van der Waals surface area contributed by atoms with Gasteiger partial charge in [-0.25, -0.2) is 4.79 Å². The van der Waals surface area contributed by atoms with Gasteiger partial charge in [0.1, 0.15) is 5.75 Å². The quantitative estimate of drug-likeness (QED) is 0.698. The Morgan fingerprint density at radius 1 is 1.33 bits per heavy atom. The van der Waals surface area contributed by atoms with E-state index in [4.69, 9.17) is 15.2 Å². The van der Waals surface area contributed by atoms with Crippen molar-refractivity contribution in [2.45, 2.75) is 46.2 Å². The van der Waals surface area contributed by atoms with E-state index in [-0.39, 0.29) is 12.0 Å². The standard InChI is InChI=1S/C22H29N3O4S/c1-4-29-22(27)25-10-9-16-17(12-23)21(30-19(16)13-25)24-20(26)8-6-15-11-14(2)5-7-18(15)28-3/h5,7,11H,4,6,8-10,12-13,23H2,1-3H3,(H,24,26). The number of carbonyl (C=O) groups is 2. The molecular weight excluding hydrogens is 402 g/mol. The molecule has 0 radical (unpaired) electrons. The molecule has 0 atom stereocenters. The van der Waals surface area contributed by atoms with Gasteiger partial charge in [-0.15, -0.1) is 11.3 Å². The largest absolute Gasteiger partial charge is 0.496 e. The van der Waals surface area contributed by atoms with E-state index in [1.54, 1.807) is 18.9 Å². The second kappa shape index (κ2) is 9.95. The molecule has 3 rings (SSSR count). The summed E-state index contributed by atoms with van der Waals surface area (Å²) in [5, 5.41) is 3.82. The number of nitrogens with one attached hydrogen (secondary N) is 1. The van der Waals surface area contributed by atoms with E-state index in [2.05, 4.69) is 5.32 Å². The lowest BCUT2D eigenvalue weighted by Gasteiger charge is -2.26. The number of ether oxygens (including phenoxy) is 2. The molecule has 0 saturated heterocycles. The summed E-state index contributed by atoms with van der Waals surface area (Å²) in [5.74, 6) is 0.732. The molecule has 30 heavy (non-hydrogen) atoms. The van der Waals surface area contributed by atoms with Gasteiger partial charge in [0.15, 0.2) is 0 Å². The van der Waals surface area contributed by atoms with Crippen LogP contribution in [0.15, 0.2) is 18.2 Å². The van der Waals surface area contributed by atoms with Crippen LogP contribution in [0.5, 0.6) is 5.75 Å². The normalized spacial score (nSPS) is 13.0. The van der Waals surface area contributed by atoms with Crippen molar-refractivity contribution in [2.24, 2.45) is 5.73 Å². The van der Waals surface area contributed by atoms with Crippen LogP contribution in [-0.2, 0) is 35.5 Å². The minimum absolute atomic E-state index is 0.0610. The summed E-state index contributed by atoms with van der Waals surface area (Å²) in [6.45, 7) is 5.61. The number of nitrogens with two attached hydrogens (primary N) is 1. The SMILES string of the molecule is CCOC(=O)N1CCc2c(sc(NC(=O)CCc3cc(C)ccc3OC)c2CN)C1. The van der Waals surface area contributed by atoms with Crippen LogP contribution in [0, 0.1) is 6.92 Å². The molecule has 0 fully saturated rings. The van der Waals surface area contributed by atoms with Gasteiger partial charge >= 0.3 is 6.09 Å². The van der Waals surface area contributed by atoms with Gasteiger partial charge in [-0.2, -0.15) is 0 Å². The number of anilines is 1. The van der Waals surface area contributed by atoms with Gasteiger partial charge in [-0.1, -0.05) is 17.7 Å². The molecule has 0 unspecified atom stereocenters. The Morgan fingerprint density at radius 2 is 2.13 bits per heavy atom. The maximum absolute atomic E-state index is 12.6. The van der Waals surface area contributed by atoms with Crippen molar-refractivity contribution in [2.75, 3.05) is 25.6 Å². The summed E-state index contributed by atoms with van der Waals surface area (Å²) in [5.41, 5.74) is 10.3. The monoisotopic (exact) mass is 431 g/mol. The second-order valence-corrected chi connectivity index (χ2v) is 8.35. The maximum atomic E-state index is 12.6. The number of fused-ring (bicyclic) bond motifs is 1. The van der Waals surface area contributed by atoms with Crippen LogP contribution in [-0.4, -0.2) is 37.2 Å². The molecule has 7 nitrogen and oxygen atoms in total. The van der Waals surface area contributed by atoms with E-state index in [0.29, 0.717) is 45.5 Å². The van der Waals surface area contributed by atoms with Crippen LogP contribution in [0.1, 0.15) is 40.5 Å². The van der Waals surface area contributed by atoms with E-state index < -0.39 is 0 Å². The molecule has 1 aromatic heterocycles. The first-order valence-corrected chi connectivity index (χ1v) is 11.0. The van der Waals surface area contributed by atoms with Crippen LogP contribution < -0.4 is 15.8 Å². The van der Waals surface area contributed by atoms with Crippen molar-refractivity contribution in [3.63, 3.8) is 0 Å². The average molecular weight is 432 g/mol. The number of thiophene rings is 1. The molecular formula is C22H29N3O4S.